The normalized spacial score (nSPS) is 23.1. The summed E-state index contributed by atoms with van der Waals surface area (Å²) in [5, 5.41) is 0. The lowest BCUT2D eigenvalue weighted by atomic mass is 9.80. The van der Waals surface area contributed by atoms with Crippen LogP contribution >= 0.6 is 0 Å². The fraction of sp³-hybridized carbons (Fsp3) is 0.158. The van der Waals surface area contributed by atoms with Crippen molar-refractivity contribution < 1.29 is 14.3 Å². The number of fused-ring (bicyclic) bond motifs is 2. The van der Waals surface area contributed by atoms with Gasteiger partial charge in [-0.2, -0.15) is 0 Å². The van der Waals surface area contributed by atoms with Crippen LogP contribution in [0.2, 0.25) is 0 Å². The van der Waals surface area contributed by atoms with Crippen LogP contribution in [0.3, 0.4) is 0 Å². The van der Waals surface area contributed by atoms with Crippen molar-refractivity contribution in [2.75, 3.05) is 0 Å². The fourth-order valence-corrected chi connectivity index (χ4v) is 3.37. The number of Topliss-reactive ketones (excluding diaryl/α,β-unsaturated/α-hetero) is 2. The molecule has 2 unspecified atom stereocenters. The molecular weight excluding hydrogens is 276 g/mol. The Kier molecular flexibility index (Phi) is 2.76. The maximum absolute atomic E-state index is 12.6. The highest BCUT2D eigenvalue weighted by Gasteiger charge is 2.45. The molecule has 0 bridgehead atoms. The number of carbonyl (C=O) groups excluding carboxylic acids is 2. The molecule has 3 nitrogen and oxygen atoms in total. The second-order valence-corrected chi connectivity index (χ2v) is 5.66. The number of rotatable bonds is 1. The minimum atomic E-state index is -0.438. The summed E-state index contributed by atoms with van der Waals surface area (Å²) in [6, 6.07) is 16.9. The van der Waals surface area contributed by atoms with E-state index in [1.54, 1.807) is 12.1 Å². The first-order chi connectivity index (χ1) is 10.7. The summed E-state index contributed by atoms with van der Waals surface area (Å²) in [6.07, 6.45) is -0.171. The lowest BCUT2D eigenvalue weighted by molar-refractivity contribution is -0.112. The van der Waals surface area contributed by atoms with E-state index in [4.69, 9.17) is 4.74 Å². The molecule has 0 aromatic heterocycles. The Morgan fingerprint density at radius 1 is 0.818 bits per heavy atom. The fourth-order valence-electron chi connectivity index (χ4n) is 3.37. The lowest BCUT2D eigenvalue weighted by Crippen LogP contribution is -2.25. The van der Waals surface area contributed by atoms with Gasteiger partial charge in [-0.25, -0.2) is 0 Å². The standard InChI is InChI=1S/C19H14O3/c1-11-15(12-7-3-2-4-8-12)16-18(21)17(20)13-9-5-6-10-14(13)19(16)22-11/h2-11,15H,1H3. The van der Waals surface area contributed by atoms with Gasteiger partial charge in [-0.15, -0.1) is 0 Å². The summed E-state index contributed by atoms with van der Waals surface area (Å²) in [4.78, 5) is 25.0. The molecule has 1 aliphatic heterocycles. The van der Waals surface area contributed by atoms with Crippen LogP contribution < -0.4 is 0 Å². The summed E-state index contributed by atoms with van der Waals surface area (Å²) in [5.41, 5.74) is 2.67. The Balaban J connectivity index is 1.94. The van der Waals surface area contributed by atoms with Gasteiger partial charge in [-0.1, -0.05) is 54.6 Å². The highest BCUT2D eigenvalue weighted by atomic mass is 16.5. The first-order valence-corrected chi connectivity index (χ1v) is 7.32. The van der Waals surface area contributed by atoms with Crippen LogP contribution in [0.25, 0.3) is 5.76 Å². The van der Waals surface area contributed by atoms with Crippen molar-refractivity contribution in [1.29, 1.82) is 0 Å². The van der Waals surface area contributed by atoms with E-state index in [9.17, 15) is 9.59 Å². The molecule has 4 rings (SSSR count). The van der Waals surface area contributed by atoms with Crippen molar-refractivity contribution in [3.05, 3.63) is 76.9 Å². The molecule has 0 N–H and O–H groups in total. The van der Waals surface area contributed by atoms with E-state index in [0.717, 1.165) is 11.1 Å². The zero-order valence-corrected chi connectivity index (χ0v) is 12.1. The van der Waals surface area contributed by atoms with E-state index in [1.165, 1.54) is 0 Å². The van der Waals surface area contributed by atoms with Gasteiger partial charge in [0.05, 0.1) is 11.5 Å². The highest BCUT2D eigenvalue weighted by Crippen LogP contribution is 2.46. The van der Waals surface area contributed by atoms with Gasteiger partial charge in [0.2, 0.25) is 11.6 Å². The number of ether oxygens (including phenoxy) is 1. The van der Waals surface area contributed by atoms with Crippen LogP contribution in [0.1, 0.15) is 34.3 Å². The van der Waals surface area contributed by atoms with Crippen molar-refractivity contribution >= 4 is 17.3 Å². The zero-order valence-electron chi connectivity index (χ0n) is 12.1. The Bertz CT molecular complexity index is 818. The summed E-state index contributed by atoms with van der Waals surface area (Å²) in [5.74, 6) is -0.498. The first-order valence-electron chi connectivity index (χ1n) is 7.32. The maximum atomic E-state index is 12.6. The van der Waals surface area contributed by atoms with Crippen LogP contribution in [0.5, 0.6) is 0 Å². The van der Waals surface area contributed by atoms with Gasteiger partial charge in [-0.3, -0.25) is 9.59 Å². The predicted molar refractivity (Wildman–Crippen MR) is 82.4 cm³/mol. The van der Waals surface area contributed by atoms with Crippen LogP contribution in [-0.2, 0) is 9.53 Å². The van der Waals surface area contributed by atoms with E-state index in [2.05, 4.69) is 0 Å². The van der Waals surface area contributed by atoms with Gasteiger partial charge >= 0.3 is 0 Å². The SMILES string of the molecule is CC1OC2=C(C(=O)C(=O)c3ccccc32)C1c1ccccc1. The summed E-state index contributed by atoms with van der Waals surface area (Å²) in [7, 11) is 0. The second kappa shape index (κ2) is 4.67. The third-order valence-corrected chi connectivity index (χ3v) is 4.35. The highest BCUT2D eigenvalue weighted by molar-refractivity contribution is 6.52. The molecule has 3 heteroatoms. The quantitative estimate of drug-likeness (QED) is 0.756. The molecule has 0 amide bonds. The van der Waals surface area contributed by atoms with E-state index < -0.39 is 11.6 Å². The zero-order chi connectivity index (χ0) is 15.3. The minimum absolute atomic E-state index is 0.171. The topological polar surface area (TPSA) is 43.4 Å². The molecule has 1 heterocycles. The molecule has 2 aliphatic rings. The van der Waals surface area contributed by atoms with Gasteiger partial charge in [0.25, 0.3) is 0 Å². The second-order valence-electron chi connectivity index (χ2n) is 5.66. The van der Waals surface area contributed by atoms with Crippen LogP contribution in [0, 0.1) is 0 Å². The van der Waals surface area contributed by atoms with Crippen LogP contribution in [0.4, 0.5) is 0 Å². The van der Waals surface area contributed by atoms with Gasteiger partial charge in [0.1, 0.15) is 11.9 Å². The van der Waals surface area contributed by atoms with Gasteiger partial charge in [-0.05, 0) is 12.5 Å². The van der Waals surface area contributed by atoms with Crippen LogP contribution in [-0.4, -0.2) is 17.7 Å². The maximum Gasteiger partial charge on any atom is 0.234 e. The molecule has 0 radical (unpaired) electrons. The molecule has 2 aromatic rings. The molecule has 2 atom stereocenters. The Labute approximate surface area is 128 Å². The monoisotopic (exact) mass is 290 g/mol. The smallest absolute Gasteiger partial charge is 0.234 e. The molecule has 22 heavy (non-hydrogen) atoms. The van der Waals surface area contributed by atoms with Crippen molar-refractivity contribution in [3.63, 3.8) is 0 Å². The first kappa shape index (κ1) is 13.0. The minimum Gasteiger partial charge on any atom is -0.489 e. The lowest BCUT2D eigenvalue weighted by Gasteiger charge is -2.18. The van der Waals surface area contributed by atoms with Gasteiger partial charge < -0.3 is 4.74 Å². The summed E-state index contributed by atoms with van der Waals surface area (Å²) in [6.45, 7) is 1.94. The average molecular weight is 290 g/mol. The molecule has 108 valence electrons. The Morgan fingerprint density at radius 3 is 2.18 bits per heavy atom. The van der Waals surface area contributed by atoms with Crippen LogP contribution in [0.15, 0.2) is 60.2 Å². The number of ketones is 2. The number of hydrogen-bond acceptors (Lipinski definition) is 3. The average Bonchev–Trinajstić information content (AvgIpc) is 2.91. The van der Waals surface area contributed by atoms with E-state index in [0.29, 0.717) is 16.9 Å². The van der Waals surface area contributed by atoms with Crippen molar-refractivity contribution in [3.8, 4) is 0 Å². The summed E-state index contributed by atoms with van der Waals surface area (Å²) >= 11 is 0. The predicted octanol–water partition coefficient (Wildman–Crippen LogP) is 3.37. The third-order valence-electron chi connectivity index (χ3n) is 4.35. The molecular formula is C19H14O3. The van der Waals surface area contributed by atoms with Crippen molar-refractivity contribution in [2.24, 2.45) is 0 Å². The van der Waals surface area contributed by atoms with E-state index in [-0.39, 0.29) is 12.0 Å². The third kappa shape index (κ3) is 1.69. The van der Waals surface area contributed by atoms with Gasteiger partial charge in [0.15, 0.2) is 0 Å². The summed E-state index contributed by atoms with van der Waals surface area (Å²) < 4.78 is 5.98. The number of hydrogen-bond donors (Lipinski definition) is 0. The van der Waals surface area contributed by atoms with E-state index >= 15 is 0 Å². The molecule has 0 saturated heterocycles. The Morgan fingerprint density at radius 2 is 1.45 bits per heavy atom. The molecule has 0 fully saturated rings. The Hall–Kier alpha value is -2.68. The van der Waals surface area contributed by atoms with Gasteiger partial charge in [0, 0.05) is 11.1 Å². The van der Waals surface area contributed by atoms with Crippen molar-refractivity contribution in [1.82, 2.24) is 0 Å². The van der Waals surface area contributed by atoms with E-state index in [1.807, 2.05) is 49.4 Å². The molecule has 1 aliphatic carbocycles. The number of carbonyl (C=O) groups is 2. The molecule has 0 spiro atoms. The molecule has 2 aromatic carbocycles. The number of benzene rings is 2. The largest absolute Gasteiger partial charge is 0.489 e. The van der Waals surface area contributed by atoms with Crippen molar-refractivity contribution in [2.45, 2.75) is 18.9 Å². The molecule has 0 saturated carbocycles.